The van der Waals surface area contributed by atoms with Crippen molar-refractivity contribution in [2.24, 2.45) is 0 Å². The maximum Gasteiger partial charge on any atom is 0.0978 e. The number of hydrogen-bond donors (Lipinski definition) is 0. The predicted molar refractivity (Wildman–Crippen MR) is 427 cm³/mol. The molecule has 10 nitrogen and oxygen atoms in total. The molecular formula is C94H56N10. The molecule has 104 heavy (non-hydrogen) atoms. The van der Waals surface area contributed by atoms with E-state index in [1.54, 1.807) is 12.4 Å². The van der Waals surface area contributed by atoms with Gasteiger partial charge in [-0.1, -0.05) is 212 Å². The van der Waals surface area contributed by atoms with E-state index in [4.69, 9.17) is 29.9 Å². The van der Waals surface area contributed by atoms with Crippen LogP contribution in [0.25, 0.3) is 209 Å². The molecule has 0 bridgehead atoms. The van der Waals surface area contributed by atoms with Crippen LogP contribution in [0, 0.1) is 0 Å². The molecule has 10 aromatic heterocycles. The van der Waals surface area contributed by atoms with Crippen molar-refractivity contribution in [3.05, 3.63) is 340 Å². The number of para-hydroxylation sites is 2. The summed E-state index contributed by atoms with van der Waals surface area (Å²) in [5.74, 6) is 0. The van der Waals surface area contributed by atoms with Gasteiger partial charge in [-0.25, -0.2) is 24.9 Å². The minimum Gasteiger partial charge on any atom is -0.256 e. The zero-order valence-electron chi connectivity index (χ0n) is 55.8. The zero-order chi connectivity index (χ0) is 68.6. The van der Waals surface area contributed by atoms with Gasteiger partial charge < -0.3 is 0 Å². The summed E-state index contributed by atoms with van der Waals surface area (Å²) in [6.07, 6.45) is 9.15. The SMILES string of the molecule is c1ccc(-c2c3ccccc3nc3c2ccc2ccc(-c4ccc(-c5ccnc6c5ccc5cccnc56)nc4)nc23)cc1.c1ccc(-c2c3ccccc3nc3c2ccc2ccc(-c4ccc5c6ccc(-c7cc(-c8ccccn8)nc(-c8ccccn8)c7)cc6c6ccccc6c5c4)nc23)cc1. The van der Waals surface area contributed by atoms with Gasteiger partial charge >= 0.3 is 0 Å². The Balaban J connectivity index is 0.000000145. The Bertz CT molecular complexity index is 6940. The molecule has 0 saturated carbocycles. The van der Waals surface area contributed by atoms with Crippen LogP contribution in [0.15, 0.2) is 340 Å². The Morgan fingerprint density at radius 3 is 1.19 bits per heavy atom. The summed E-state index contributed by atoms with van der Waals surface area (Å²) in [5, 5.41) is 15.9. The monoisotopic (exact) mass is 1320 g/mol. The first-order valence-corrected chi connectivity index (χ1v) is 34.7. The standard InChI is InChI=1S/C55H33N5.C39H23N5/c1-2-12-34(13-3-1)53-43-16-6-7-17-48(43)60-55-44(53)26-20-35-23-27-47(59-54(35)55)37-22-25-42-41-24-21-36(30-45(41)39-14-4-5-15-40(39)46(42)31-37)38-32-51(49-18-8-10-28-56-49)58-52(33-38)50-19-9-11-29-57-50;1-2-7-24(8-3-1)35-30-10-4-5-11-34(30)44-39-31(35)17-13-26-14-18-32(43-37(26)39)27-15-19-33(42-23-27)28-20-22-41-38-29(28)16-12-25-9-6-21-40-36(25)38/h1-33H;1-23H. The van der Waals surface area contributed by atoms with E-state index in [1.165, 1.54) is 54.6 Å². The van der Waals surface area contributed by atoms with Crippen LogP contribution in [0.1, 0.15) is 0 Å². The number of fused-ring (bicyclic) bond motifs is 17. The second-order valence-electron chi connectivity index (χ2n) is 26.1. The summed E-state index contributed by atoms with van der Waals surface area (Å²) in [5.41, 5.74) is 23.1. The lowest BCUT2D eigenvalue weighted by Crippen LogP contribution is -1.94. The van der Waals surface area contributed by atoms with Crippen molar-refractivity contribution in [2.45, 2.75) is 0 Å². The molecule has 482 valence electrons. The van der Waals surface area contributed by atoms with E-state index < -0.39 is 0 Å². The third-order valence-electron chi connectivity index (χ3n) is 20.1. The van der Waals surface area contributed by atoms with Crippen LogP contribution < -0.4 is 0 Å². The van der Waals surface area contributed by atoms with E-state index in [9.17, 15) is 0 Å². The van der Waals surface area contributed by atoms with Gasteiger partial charge in [0.05, 0.1) is 84.0 Å². The van der Waals surface area contributed by atoms with E-state index >= 15 is 0 Å². The van der Waals surface area contributed by atoms with Crippen molar-refractivity contribution in [3.8, 4) is 89.9 Å². The number of pyridine rings is 10. The molecule has 0 aliphatic heterocycles. The van der Waals surface area contributed by atoms with Crippen molar-refractivity contribution in [1.29, 1.82) is 0 Å². The smallest absolute Gasteiger partial charge is 0.0978 e. The first-order valence-electron chi connectivity index (χ1n) is 34.7. The Hall–Kier alpha value is -14.2. The van der Waals surface area contributed by atoms with E-state index in [1.807, 2.05) is 79.3 Å². The molecular weight excluding hydrogens is 1270 g/mol. The Labute approximate surface area is 596 Å². The molecule has 21 rings (SSSR count). The fourth-order valence-electron chi connectivity index (χ4n) is 15.2. The molecule has 11 aromatic carbocycles. The second-order valence-corrected chi connectivity index (χ2v) is 26.1. The topological polar surface area (TPSA) is 129 Å². The normalized spacial score (nSPS) is 11.7. The second kappa shape index (κ2) is 24.9. The summed E-state index contributed by atoms with van der Waals surface area (Å²) in [6.45, 7) is 0. The minimum absolute atomic E-state index is 0.806. The van der Waals surface area contributed by atoms with Crippen molar-refractivity contribution in [2.75, 3.05) is 0 Å². The maximum absolute atomic E-state index is 5.39. The fourth-order valence-corrected chi connectivity index (χ4v) is 15.2. The van der Waals surface area contributed by atoms with E-state index in [0.717, 1.165) is 155 Å². The Morgan fingerprint density at radius 1 is 0.173 bits per heavy atom. The highest BCUT2D eigenvalue weighted by molar-refractivity contribution is 6.27. The largest absolute Gasteiger partial charge is 0.256 e. The molecule has 0 N–H and O–H groups in total. The van der Waals surface area contributed by atoms with Crippen LogP contribution in [-0.2, 0) is 0 Å². The van der Waals surface area contributed by atoms with Crippen LogP contribution in [0.3, 0.4) is 0 Å². The third-order valence-corrected chi connectivity index (χ3v) is 20.1. The quantitative estimate of drug-likeness (QED) is 0.107. The van der Waals surface area contributed by atoms with Crippen molar-refractivity contribution in [1.82, 2.24) is 49.8 Å². The van der Waals surface area contributed by atoms with Crippen molar-refractivity contribution < 1.29 is 0 Å². The number of aromatic nitrogens is 10. The summed E-state index contributed by atoms with van der Waals surface area (Å²) >= 11 is 0. The summed E-state index contributed by atoms with van der Waals surface area (Å²) in [7, 11) is 0. The lowest BCUT2D eigenvalue weighted by Gasteiger charge is -2.15. The average Bonchev–Trinajstić information content (AvgIpc) is 0.767. The maximum atomic E-state index is 5.39. The molecule has 10 heterocycles. The highest BCUT2D eigenvalue weighted by Crippen LogP contribution is 2.44. The molecule has 0 radical (unpaired) electrons. The molecule has 0 atom stereocenters. The minimum atomic E-state index is 0.806. The van der Waals surface area contributed by atoms with Crippen molar-refractivity contribution in [3.63, 3.8) is 0 Å². The third kappa shape index (κ3) is 10.3. The van der Waals surface area contributed by atoms with Gasteiger partial charge in [-0.2, -0.15) is 0 Å². The van der Waals surface area contributed by atoms with Gasteiger partial charge in [-0.3, -0.25) is 24.9 Å². The van der Waals surface area contributed by atoms with E-state index in [0.29, 0.717) is 0 Å². The molecule has 0 unspecified atom stereocenters. The molecule has 21 aromatic rings. The summed E-state index contributed by atoms with van der Waals surface area (Å²) < 4.78 is 0. The lowest BCUT2D eigenvalue weighted by molar-refractivity contribution is 1.22. The van der Waals surface area contributed by atoms with Crippen LogP contribution in [-0.4, -0.2) is 49.8 Å². The zero-order valence-corrected chi connectivity index (χ0v) is 55.8. The first kappa shape index (κ1) is 59.8. The number of nitrogens with zero attached hydrogens (tertiary/aromatic N) is 10. The van der Waals surface area contributed by atoms with Gasteiger partial charge in [0.25, 0.3) is 0 Å². The molecule has 10 heteroatoms. The van der Waals surface area contributed by atoms with Gasteiger partial charge in [0.1, 0.15) is 0 Å². The molecule has 0 fully saturated rings. The number of rotatable bonds is 8. The summed E-state index contributed by atoms with van der Waals surface area (Å²) in [4.78, 5) is 49.4. The van der Waals surface area contributed by atoms with Crippen LogP contribution in [0.2, 0.25) is 0 Å². The fraction of sp³-hybridized carbons (Fsp3) is 0. The van der Waals surface area contributed by atoms with Gasteiger partial charge in [0, 0.05) is 102 Å². The molecule has 0 amide bonds. The van der Waals surface area contributed by atoms with Crippen LogP contribution in [0.5, 0.6) is 0 Å². The van der Waals surface area contributed by atoms with Crippen LogP contribution in [0.4, 0.5) is 0 Å². The highest BCUT2D eigenvalue weighted by Gasteiger charge is 2.20. The molecule has 0 aliphatic rings. The molecule has 0 spiro atoms. The van der Waals surface area contributed by atoms with Crippen LogP contribution >= 0.6 is 0 Å². The average molecular weight is 1330 g/mol. The van der Waals surface area contributed by atoms with Crippen molar-refractivity contribution >= 4 is 120 Å². The lowest BCUT2D eigenvalue weighted by atomic mass is 9.90. The Morgan fingerprint density at radius 2 is 0.625 bits per heavy atom. The summed E-state index contributed by atoms with van der Waals surface area (Å²) in [6, 6.07) is 108. The van der Waals surface area contributed by atoms with E-state index in [2.05, 4.69) is 269 Å². The van der Waals surface area contributed by atoms with Gasteiger partial charge in [-0.05, 0) is 152 Å². The van der Waals surface area contributed by atoms with Gasteiger partial charge in [0.2, 0.25) is 0 Å². The molecule has 0 saturated heterocycles. The molecule has 0 aliphatic carbocycles. The predicted octanol–water partition coefficient (Wildman–Crippen LogP) is 23.3. The number of benzene rings is 11. The van der Waals surface area contributed by atoms with Gasteiger partial charge in [-0.15, -0.1) is 0 Å². The number of hydrogen-bond acceptors (Lipinski definition) is 10. The highest BCUT2D eigenvalue weighted by atomic mass is 14.8. The Kier molecular flexibility index (Phi) is 14.3. The van der Waals surface area contributed by atoms with Gasteiger partial charge in [0.15, 0.2) is 0 Å². The first-order chi connectivity index (χ1) is 51.5. The van der Waals surface area contributed by atoms with E-state index in [-0.39, 0.29) is 0 Å².